The maximum Gasteiger partial charge on any atom is 0.0446 e. The second-order valence-corrected chi connectivity index (χ2v) is 2.42. The molecule has 1 N–H and O–H groups in total. The summed E-state index contributed by atoms with van der Waals surface area (Å²) in [6.45, 7) is 11.3. The standard InChI is InChI=1S/C12H17N/c1-5-9-11(10-6-2)12(7-3)13-8-4/h5-10,13H,3-4H2,1-2H3/b9-5-,10-6-. The fourth-order valence-corrected chi connectivity index (χ4v) is 0.964. The largest absolute Gasteiger partial charge is 0.362 e. The fourth-order valence-electron chi connectivity index (χ4n) is 0.964. The molecule has 0 rings (SSSR count). The monoisotopic (exact) mass is 175 g/mol. The third-order valence-electron chi connectivity index (χ3n) is 1.47. The van der Waals surface area contributed by atoms with Gasteiger partial charge in [0.2, 0.25) is 0 Å². The predicted molar refractivity (Wildman–Crippen MR) is 60.2 cm³/mol. The molecule has 0 heterocycles. The van der Waals surface area contributed by atoms with Crippen molar-refractivity contribution in [2.75, 3.05) is 0 Å². The van der Waals surface area contributed by atoms with Gasteiger partial charge in [-0.1, -0.05) is 37.5 Å². The van der Waals surface area contributed by atoms with Crippen LogP contribution in [-0.4, -0.2) is 0 Å². The van der Waals surface area contributed by atoms with Gasteiger partial charge in [0.05, 0.1) is 0 Å². The first-order valence-corrected chi connectivity index (χ1v) is 4.29. The minimum atomic E-state index is 0.964. The molecule has 0 aromatic heterocycles. The molecule has 0 saturated heterocycles. The summed E-state index contributed by atoms with van der Waals surface area (Å²) >= 11 is 0. The van der Waals surface area contributed by atoms with E-state index in [1.807, 2.05) is 38.2 Å². The fraction of sp³-hybridized carbons (Fsp3) is 0.167. The second kappa shape index (κ2) is 7.17. The van der Waals surface area contributed by atoms with Gasteiger partial charge in [-0.2, -0.15) is 0 Å². The Bertz CT molecular complexity index is 240. The van der Waals surface area contributed by atoms with E-state index >= 15 is 0 Å². The van der Waals surface area contributed by atoms with Crippen molar-refractivity contribution in [3.8, 4) is 0 Å². The summed E-state index contributed by atoms with van der Waals surface area (Å²) < 4.78 is 0. The van der Waals surface area contributed by atoms with E-state index in [1.165, 1.54) is 0 Å². The summed E-state index contributed by atoms with van der Waals surface area (Å²) in [4.78, 5) is 0. The van der Waals surface area contributed by atoms with E-state index in [9.17, 15) is 0 Å². The van der Waals surface area contributed by atoms with Crippen molar-refractivity contribution in [3.05, 3.63) is 61.0 Å². The molecule has 0 bridgehead atoms. The lowest BCUT2D eigenvalue weighted by Crippen LogP contribution is -2.03. The van der Waals surface area contributed by atoms with Crippen LogP contribution in [0.3, 0.4) is 0 Å². The van der Waals surface area contributed by atoms with Gasteiger partial charge in [0.15, 0.2) is 0 Å². The summed E-state index contributed by atoms with van der Waals surface area (Å²) in [6.07, 6.45) is 11.4. The molecule has 13 heavy (non-hydrogen) atoms. The third-order valence-corrected chi connectivity index (χ3v) is 1.47. The van der Waals surface area contributed by atoms with E-state index in [0.29, 0.717) is 0 Å². The Hall–Kier alpha value is -1.50. The Morgan fingerprint density at radius 2 is 1.62 bits per heavy atom. The molecule has 0 aromatic rings. The van der Waals surface area contributed by atoms with Gasteiger partial charge in [-0.15, -0.1) is 0 Å². The molecule has 0 aliphatic rings. The van der Waals surface area contributed by atoms with Crippen LogP contribution in [0.4, 0.5) is 0 Å². The van der Waals surface area contributed by atoms with Gasteiger partial charge in [0.25, 0.3) is 0 Å². The van der Waals surface area contributed by atoms with Crippen LogP contribution in [0.1, 0.15) is 13.8 Å². The van der Waals surface area contributed by atoms with E-state index in [1.54, 1.807) is 12.3 Å². The normalized spacial score (nSPS) is 10.3. The number of hydrogen-bond acceptors (Lipinski definition) is 1. The van der Waals surface area contributed by atoms with E-state index in [0.717, 1.165) is 11.3 Å². The molecule has 0 amide bonds. The Labute approximate surface area is 80.9 Å². The Morgan fingerprint density at radius 3 is 1.92 bits per heavy atom. The van der Waals surface area contributed by atoms with Gasteiger partial charge < -0.3 is 5.32 Å². The minimum Gasteiger partial charge on any atom is -0.362 e. The van der Waals surface area contributed by atoms with Gasteiger partial charge in [0.1, 0.15) is 0 Å². The van der Waals surface area contributed by atoms with Crippen molar-refractivity contribution in [2.24, 2.45) is 0 Å². The van der Waals surface area contributed by atoms with Crippen molar-refractivity contribution in [1.82, 2.24) is 5.32 Å². The molecule has 0 radical (unpaired) electrons. The van der Waals surface area contributed by atoms with Gasteiger partial charge in [-0.25, -0.2) is 0 Å². The molecule has 0 fully saturated rings. The molecule has 0 atom stereocenters. The molecule has 0 aliphatic heterocycles. The molecule has 1 heteroatoms. The minimum absolute atomic E-state index is 0.964. The van der Waals surface area contributed by atoms with Crippen LogP contribution in [-0.2, 0) is 0 Å². The van der Waals surface area contributed by atoms with E-state index < -0.39 is 0 Å². The van der Waals surface area contributed by atoms with Crippen molar-refractivity contribution in [3.63, 3.8) is 0 Å². The summed E-state index contributed by atoms with van der Waals surface area (Å²) in [5.41, 5.74) is 2.06. The lowest BCUT2D eigenvalue weighted by Gasteiger charge is -2.04. The Morgan fingerprint density at radius 1 is 1.08 bits per heavy atom. The first-order valence-electron chi connectivity index (χ1n) is 4.29. The molecule has 0 saturated carbocycles. The van der Waals surface area contributed by atoms with Gasteiger partial charge >= 0.3 is 0 Å². The van der Waals surface area contributed by atoms with Crippen LogP contribution in [0.5, 0.6) is 0 Å². The molecule has 70 valence electrons. The first-order chi connectivity index (χ1) is 6.29. The smallest absolute Gasteiger partial charge is 0.0446 e. The van der Waals surface area contributed by atoms with Crippen LogP contribution >= 0.6 is 0 Å². The zero-order chi connectivity index (χ0) is 10.1. The summed E-state index contributed by atoms with van der Waals surface area (Å²) in [6, 6.07) is 0. The van der Waals surface area contributed by atoms with Gasteiger partial charge in [-0.05, 0) is 31.7 Å². The predicted octanol–water partition coefficient (Wildman–Crippen LogP) is 3.31. The highest BCUT2D eigenvalue weighted by Gasteiger charge is 1.93. The Kier molecular flexibility index (Phi) is 6.34. The van der Waals surface area contributed by atoms with Crippen molar-refractivity contribution in [1.29, 1.82) is 0 Å². The summed E-state index contributed by atoms with van der Waals surface area (Å²) in [7, 11) is 0. The topological polar surface area (TPSA) is 12.0 Å². The first kappa shape index (κ1) is 11.5. The molecule has 0 spiro atoms. The van der Waals surface area contributed by atoms with Crippen LogP contribution in [0.2, 0.25) is 0 Å². The van der Waals surface area contributed by atoms with Crippen molar-refractivity contribution >= 4 is 0 Å². The van der Waals surface area contributed by atoms with Crippen molar-refractivity contribution < 1.29 is 0 Å². The van der Waals surface area contributed by atoms with Gasteiger partial charge in [-0.3, -0.25) is 0 Å². The lowest BCUT2D eigenvalue weighted by molar-refractivity contribution is 1.10. The Balaban J connectivity index is 4.97. The second-order valence-electron chi connectivity index (χ2n) is 2.42. The molecular weight excluding hydrogens is 158 g/mol. The molecule has 1 nitrogen and oxygen atoms in total. The van der Waals surface area contributed by atoms with Crippen LogP contribution < -0.4 is 5.32 Å². The number of allylic oxidation sites excluding steroid dienone is 6. The van der Waals surface area contributed by atoms with Crippen LogP contribution in [0.25, 0.3) is 0 Å². The zero-order valence-electron chi connectivity index (χ0n) is 8.38. The summed E-state index contributed by atoms with van der Waals surface area (Å²) in [5.74, 6) is 0. The number of rotatable bonds is 5. The van der Waals surface area contributed by atoms with Crippen LogP contribution in [0.15, 0.2) is 61.0 Å². The quantitative estimate of drug-likeness (QED) is 0.632. The van der Waals surface area contributed by atoms with Crippen LogP contribution in [0, 0.1) is 0 Å². The third kappa shape index (κ3) is 4.16. The maximum atomic E-state index is 3.73. The average Bonchev–Trinajstić information content (AvgIpc) is 2.14. The lowest BCUT2D eigenvalue weighted by atomic mass is 10.1. The average molecular weight is 175 g/mol. The highest BCUT2D eigenvalue weighted by molar-refractivity contribution is 5.39. The molecule has 0 unspecified atom stereocenters. The summed E-state index contributed by atoms with van der Waals surface area (Å²) in [5, 5.41) is 3.02. The van der Waals surface area contributed by atoms with Gasteiger partial charge in [0, 0.05) is 5.70 Å². The van der Waals surface area contributed by atoms with E-state index in [4.69, 9.17) is 0 Å². The van der Waals surface area contributed by atoms with Crippen molar-refractivity contribution in [2.45, 2.75) is 13.8 Å². The SMILES string of the molecule is C=CNC(C=C)=C(/C=C\C)/C=C\C. The van der Waals surface area contributed by atoms with E-state index in [2.05, 4.69) is 18.5 Å². The zero-order valence-corrected chi connectivity index (χ0v) is 8.38. The van der Waals surface area contributed by atoms with E-state index in [-0.39, 0.29) is 0 Å². The maximum absolute atomic E-state index is 3.73. The highest BCUT2D eigenvalue weighted by Crippen LogP contribution is 2.06. The molecule has 0 aliphatic carbocycles. The molecular formula is C12H17N. The number of hydrogen-bond donors (Lipinski definition) is 1. The highest BCUT2D eigenvalue weighted by atomic mass is 14.8. The molecule has 0 aromatic carbocycles. The number of nitrogens with one attached hydrogen (secondary N) is 1.